The van der Waals surface area contributed by atoms with Crippen molar-refractivity contribution in [3.05, 3.63) is 64.3 Å². The van der Waals surface area contributed by atoms with E-state index in [1.54, 1.807) is 23.2 Å². The SMILES string of the molecule is O=C(c1cccc(=O)[nH]1)N1C[C@@H](Cc2ccccn2)[C@H](O)C1. The van der Waals surface area contributed by atoms with E-state index in [-0.39, 0.29) is 29.6 Å². The Labute approximate surface area is 127 Å². The number of aromatic amines is 1. The highest BCUT2D eigenvalue weighted by atomic mass is 16.3. The number of pyridine rings is 2. The zero-order valence-electron chi connectivity index (χ0n) is 12.0. The second-order valence-corrected chi connectivity index (χ2v) is 5.49. The monoisotopic (exact) mass is 299 g/mol. The summed E-state index contributed by atoms with van der Waals surface area (Å²) in [6.45, 7) is 0.723. The Balaban J connectivity index is 1.70. The van der Waals surface area contributed by atoms with Crippen LogP contribution in [0.1, 0.15) is 16.2 Å². The summed E-state index contributed by atoms with van der Waals surface area (Å²) >= 11 is 0. The van der Waals surface area contributed by atoms with Gasteiger partial charge in [0, 0.05) is 37.0 Å². The van der Waals surface area contributed by atoms with Crippen molar-refractivity contribution in [2.75, 3.05) is 13.1 Å². The number of aliphatic hydroxyl groups excluding tert-OH is 1. The van der Waals surface area contributed by atoms with E-state index in [0.717, 1.165) is 5.69 Å². The summed E-state index contributed by atoms with van der Waals surface area (Å²) in [6.07, 6.45) is 1.76. The van der Waals surface area contributed by atoms with Crippen LogP contribution in [-0.2, 0) is 6.42 Å². The Morgan fingerprint density at radius 2 is 2.14 bits per heavy atom. The lowest BCUT2D eigenvalue weighted by atomic mass is 10.00. The molecular weight excluding hydrogens is 282 g/mol. The number of carbonyl (C=O) groups is 1. The summed E-state index contributed by atoms with van der Waals surface area (Å²) < 4.78 is 0. The zero-order valence-corrected chi connectivity index (χ0v) is 12.0. The summed E-state index contributed by atoms with van der Waals surface area (Å²) in [5.41, 5.74) is 0.836. The number of H-pyrrole nitrogens is 1. The van der Waals surface area contributed by atoms with Gasteiger partial charge in [-0.1, -0.05) is 12.1 Å². The normalized spacial score (nSPS) is 21.0. The molecule has 22 heavy (non-hydrogen) atoms. The first-order valence-corrected chi connectivity index (χ1v) is 7.20. The molecule has 0 unspecified atom stereocenters. The Kier molecular flexibility index (Phi) is 4.02. The third kappa shape index (κ3) is 3.07. The van der Waals surface area contributed by atoms with Gasteiger partial charge in [0.15, 0.2) is 0 Å². The second kappa shape index (κ2) is 6.11. The van der Waals surface area contributed by atoms with Gasteiger partial charge in [-0.25, -0.2) is 0 Å². The molecule has 2 N–H and O–H groups in total. The number of likely N-dealkylation sites (tertiary alicyclic amines) is 1. The molecule has 0 spiro atoms. The van der Waals surface area contributed by atoms with Crippen molar-refractivity contribution in [3.63, 3.8) is 0 Å². The van der Waals surface area contributed by atoms with Crippen LogP contribution >= 0.6 is 0 Å². The predicted octanol–water partition coefficient (Wildman–Crippen LogP) is 0.445. The van der Waals surface area contributed by atoms with Crippen molar-refractivity contribution < 1.29 is 9.90 Å². The van der Waals surface area contributed by atoms with Crippen molar-refractivity contribution in [3.8, 4) is 0 Å². The summed E-state index contributed by atoms with van der Waals surface area (Å²) in [4.78, 5) is 32.0. The number of aromatic nitrogens is 2. The van der Waals surface area contributed by atoms with Crippen molar-refractivity contribution in [1.82, 2.24) is 14.9 Å². The number of aliphatic hydroxyl groups is 1. The van der Waals surface area contributed by atoms with E-state index in [1.165, 1.54) is 6.07 Å². The zero-order chi connectivity index (χ0) is 15.5. The molecule has 2 aromatic rings. The number of nitrogens with zero attached hydrogens (tertiary/aromatic N) is 2. The van der Waals surface area contributed by atoms with Gasteiger partial charge in [0.1, 0.15) is 5.69 Å². The van der Waals surface area contributed by atoms with Gasteiger partial charge in [-0.05, 0) is 24.6 Å². The van der Waals surface area contributed by atoms with Crippen molar-refractivity contribution in [2.24, 2.45) is 5.92 Å². The van der Waals surface area contributed by atoms with Gasteiger partial charge in [0.2, 0.25) is 5.56 Å². The predicted molar refractivity (Wildman–Crippen MR) is 80.4 cm³/mol. The number of hydrogen-bond acceptors (Lipinski definition) is 4. The molecule has 3 heterocycles. The number of β-amino-alcohol motifs (C(OH)–C–C–N with tert-alkyl or cyclic N) is 1. The van der Waals surface area contributed by atoms with E-state index in [9.17, 15) is 14.7 Å². The van der Waals surface area contributed by atoms with Gasteiger partial charge in [0.25, 0.3) is 5.91 Å². The highest BCUT2D eigenvalue weighted by molar-refractivity contribution is 5.92. The van der Waals surface area contributed by atoms with Crippen LogP contribution in [0.25, 0.3) is 0 Å². The molecule has 2 atom stereocenters. The summed E-state index contributed by atoms with van der Waals surface area (Å²) in [5.74, 6) is -0.311. The molecule has 0 radical (unpaired) electrons. The van der Waals surface area contributed by atoms with Crippen molar-refractivity contribution in [1.29, 1.82) is 0 Å². The number of carbonyl (C=O) groups excluding carboxylic acids is 1. The summed E-state index contributed by atoms with van der Waals surface area (Å²) in [5, 5.41) is 10.2. The fourth-order valence-corrected chi connectivity index (χ4v) is 2.75. The topological polar surface area (TPSA) is 86.3 Å². The molecule has 6 nitrogen and oxygen atoms in total. The first-order chi connectivity index (χ1) is 10.6. The Hall–Kier alpha value is -2.47. The van der Waals surface area contributed by atoms with E-state index >= 15 is 0 Å². The molecular formula is C16H17N3O3. The molecule has 1 aliphatic rings. The molecule has 1 saturated heterocycles. The minimum atomic E-state index is -0.582. The van der Waals surface area contributed by atoms with Crippen LogP contribution in [0.3, 0.4) is 0 Å². The largest absolute Gasteiger partial charge is 0.391 e. The number of nitrogens with one attached hydrogen (secondary N) is 1. The van der Waals surface area contributed by atoms with Crippen molar-refractivity contribution >= 4 is 5.91 Å². The molecule has 3 rings (SSSR count). The first kappa shape index (κ1) is 14.5. The van der Waals surface area contributed by atoms with Gasteiger partial charge in [-0.15, -0.1) is 0 Å². The molecule has 114 valence electrons. The van der Waals surface area contributed by atoms with Gasteiger partial charge >= 0.3 is 0 Å². The average Bonchev–Trinajstić information content (AvgIpc) is 2.88. The van der Waals surface area contributed by atoms with Crippen LogP contribution in [0.15, 0.2) is 47.4 Å². The standard InChI is InChI=1S/C16H17N3O3/c20-14-10-19(16(22)13-5-3-6-15(21)18-13)9-11(14)8-12-4-1-2-7-17-12/h1-7,11,14,20H,8-10H2,(H,18,21)/t11-,14-/m1/s1. The lowest BCUT2D eigenvalue weighted by molar-refractivity contribution is 0.0758. The fourth-order valence-electron chi connectivity index (χ4n) is 2.75. The van der Waals surface area contributed by atoms with Gasteiger partial charge in [-0.2, -0.15) is 0 Å². The van der Waals surface area contributed by atoms with E-state index < -0.39 is 6.10 Å². The van der Waals surface area contributed by atoms with Crippen molar-refractivity contribution in [2.45, 2.75) is 12.5 Å². The van der Waals surface area contributed by atoms with Crippen LogP contribution in [0.5, 0.6) is 0 Å². The second-order valence-electron chi connectivity index (χ2n) is 5.49. The van der Waals surface area contributed by atoms with Gasteiger partial charge in [-0.3, -0.25) is 14.6 Å². The molecule has 0 bridgehead atoms. The third-order valence-corrected chi connectivity index (χ3v) is 3.89. The Bertz CT molecular complexity index is 714. The Morgan fingerprint density at radius 1 is 1.27 bits per heavy atom. The molecule has 1 fully saturated rings. The number of rotatable bonds is 3. The average molecular weight is 299 g/mol. The molecule has 6 heteroatoms. The number of hydrogen-bond donors (Lipinski definition) is 2. The number of amides is 1. The fraction of sp³-hybridized carbons (Fsp3) is 0.312. The van der Waals surface area contributed by atoms with Gasteiger partial charge in [0.05, 0.1) is 6.10 Å². The smallest absolute Gasteiger partial charge is 0.270 e. The van der Waals surface area contributed by atoms with Crippen LogP contribution in [-0.4, -0.2) is 45.1 Å². The maximum atomic E-state index is 12.4. The molecule has 1 amide bonds. The van der Waals surface area contributed by atoms with E-state index in [0.29, 0.717) is 13.0 Å². The van der Waals surface area contributed by atoms with Crippen LogP contribution in [0.2, 0.25) is 0 Å². The van der Waals surface area contributed by atoms with E-state index in [4.69, 9.17) is 0 Å². The maximum absolute atomic E-state index is 12.4. The highest BCUT2D eigenvalue weighted by Gasteiger charge is 2.34. The molecule has 0 aliphatic carbocycles. The summed E-state index contributed by atoms with van der Waals surface area (Å²) in [6, 6.07) is 10.1. The van der Waals surface area contributed by atoms with Gasteiger partial charge < -0.3 is 15.0 Å². The quantitative estimate of drug-likeness (QED) is 0.861. The van der Waals surface area contributed by atoms with E-state index in [1.807, 2.05) is 18.2 Å². The Morgan fingerprint density at radius 3 is 2.86 bits per heavy atom. The molecule has 0 aromatic carbocycles. The molecule has 1 aliphatic heterocycles. The van der Waals surface area contributed by atoms with Crippen LogP contribution in [0.4, 0.5) is 0 Å². The van der Waals surface area contributed by atoms with Crippen LogP contribution < -0.4 is 5.56 Å². The molecule has 2 aromatic heterocycles. The lowest BCUT2D eigenvalue weighted by Gasteiger charge is -2.15. The summed E-state index contributed by atoms with van der Waals surface area (Å²) in [7, 11) is 0. The first-order valence-electron chi connectivity index (χ1n) is 7.20. The van der Waals surface area contributed by atoms with E-state index in [2.05, 4.69) is 9.97 Å². The maximum Gasteiger partial charge on any atom is 0.270 e. The minimum absolute atomic E-state index is 0.0470. The van der Waals surface area contributed by atoms with Crippen LogP contribution in [0, 0.1) is 5.92 Å². The molecule has 0 saturated carbocycles. The third-order valence-electron chi connectivity index (χ3n) is 3.89. The minimum Gasteiger partial charge on any atom is -0.391 e. The lowest BCUT2D eigenvalue weighted by Crippen LogP contribution is -2.31. The highest BCUT2D eigenvalue weighted by Crippen LogP contribution is 2.22.